The molecule has 5 heteroatoms. The third-order valence-corrected chi connectivity index (χ3v) is 4.36. The molecular weight excluding hydrogens is 318 g/mol. The number of benzene rings is 3. The van der Waals surface area contributed by atoms with Crippen LogP contribution in [0.4, 0.5) is 0 Å². The first-order valence-electron chi connectivity index (χ1n) is 8.04. The lowest BCUT2D eigenvalue weighted by atomic mass is 10.0. The summed E-state index contributed by atoms with van der Waals surface area (Å²) in [7, 11) is 0. The highest BCUT2D eigenvalue weighted by molar-refractivity contribution is 5.98. The van der Waals surface area contributed by atoms with Gasteiger partial charge in [0, 0.05) is 12.1 Å². The molecule has 3 aromatic carbocycles. The van der Waals surface area contributed by atoms with Crippen molar-refractivity contribution in [3.63, 3.8) is 0 Å². The lowest BCUT2D eigenvalue weighted by molar-refractivity contribution is 0.0937. The Kier molecular flexibility index (Phi) is 3.69. The van der Waals surface area contributed by atoms with E-state index in [1.165, 1.54) is 12.1 Å². The fourth-order valence-corrected chi connectivity index (χ4v) is 2.95. The third kappa shape index (κ3) is 2.85. The van der Waals surface area contributed by atoms with Gasteiger partial charge >= 0.3 is 0 Å². The Bertz CT molecular complexity index is 967. The summed E-state index contributed by atoms with van der Waals surface area (Å²) in [4.78, 5) is 12.5. The molecule has 0 spiro atoms. The molecule has 0 fully saturated rings. The number of hydrogen-bond donors (Lipinski definition) is 2. The molecule has 0 bridgehead atoms. The molecule has 0 radical (unpaired) electrons. The lowest BCUT2D eigenvalue weighted by Gasteiger charge is -2.16. The van der Waals surface area contributed by atoms with E-state index in [-0.39, 0.29) is 30.1 Å². The minimum absolute atomic E-state index is 0.0906. The molecule has 1 amide bonds. The molecule has 1 heterocycles. The molecule has 5 nitrogen and oxygen atoms in total. The van der Waals surface area contributed by atoms with Gasteiger partial charge in [-0.05, 0) is 29.3 Å². The number of hydrogen-bond acceptors (Lipinski definition) is 4. The Morgan fingerprint density at radius 2 is 1.76 bits per heavy atom. The van der Waals surface area contributed by atoms with E-state index < -0.39 is 0 Å². The monoisotopic (exact) mass is 335 g/mol. The molecule has 4 rings (SSSR count). The zero-order valence-electron chi connectivity index (χ0n) is 13.7. The van der Waals surface area contributed by atoms with E-state index >= 15 is 0 Å². The van der Waals surface area contributed by atoms with Crippen LogP contribution in [0.5, 0.6) is 17.2 Å². The summed E-state index contributed by atoms with van der Waals surface area (Å²) in [6.07, 6.45) is 0. The smallest absolute Gasteiger partial charge is 0.255 e. The zero-order valence-corrected chi connectivity index (χ0v) is 13.7. The average Bonchev–Trinajstić information content (AvgIpc) is 3.07. The van der Waals surface area contributed by atoms with Crippen molar-refractivity contribution >= 4 is 16.7 Å². The minimum atomic E-state index is -0.364. The number of rotatable bonds is 3. The van der Waals surface area contributed by atoms with Crippen LogP contribution in [0.25, 0.3) is 10.8 Å². The fourth-order valence-electron chi connectivity index (χ4n) is 2.95. The van der Waals surface area contributed by atoms with Crippen molar-refractivity contribution in [2.75, 3.05) is 6.79 Å². The Morgan fingerprint density at radius 1 is 1.04 bits per heavy atom. The molecule has 0 saturated carbocycles. The van der Waals surface area contributed by atoms with Crippen LogP contribution in [0.1, 0.15) is 28.9 Å². The van der Waals surface area contributed by atoms with E-state index in [1.807, 2.05) is 43.3 Å². The van der Waals surface area contributed by atoms with Gasteiger partial charge in [0.15, 0.2) is 11.5 Å². The van der Waals surface area contributed by atoms with Crippen LogP contribution in [0, 0.1) is 0 Å². The summed E-state index contributed by atoms with van der Waals surface area (Å²) < 4.78 is 10.5. The van der Waals surface area contributed by atoms with Gasteiger partial charge in [-0.3, -0.25) is 4.79 Å². The van der Waals surface area contributed by atoms with Crippen molar-refractivity contribution in [1.82, 2.24) is 5.32 Å². The van der Waals surface area contributed by atoms with Crippen molar-refractivity contribution in [3.8, 4) is 17.2 Å². The molecule has 1 unspecified atom stereocenters. The van der Waals surface area contributed by atoms with Crippen molar-refractivity contribution < 1.29 is 19.4 Å². The number of amides is 1. The summed E-state index contributed by atoms with van der Waals surface area (Å²) in [6, 6.07) is 16.8. The van der Waals surface area contributed by atoms with Gasteiger partial charge in [-0.2, -0.15) is 0 Å². The zero-order chi connectivity index (χ0) is 17.4. The fraction of sp³-hybridized carbons (Fsp3) is 0.150. The number of phenols is 1. The molecule has 0 saturated heterocycles. The normalized spacial score (nSPS) is 13.6. The number of fused-ring (bicyclic) bond motifs is 2. The highest BCUT2D eigenvalue weighted by Crippen LogP contribution is 2.37. The van der Waals surface area contributed by atoms with Crippen LogP contribution in [-0.4, -0.2) is 17.8 Å². The van der Waals surface area contributed by atoms with Crippen LogP contribution < -0.4 is 14.8 Å². The van der Waals surface area contributed by atoms with E-state index in [4.69, 9.17) is 9.47 Å². The van der Waals surface area contributed by atoms with Gasteiger partial charge in [-0.25, -0.2) is 0 Å². The van der Waals surface area contributed by atoms with Crippen LogP contribution >= 0.6 is 0 Å². The molecule has 1 atom stereocenters. The second kappa shape index (κ2) is 6.02. The highest BCUT2D eigenvalue weighted by Gasteiger charge is 2.22. The maximum atomic E-state index is 12.5. The SMILES string of the molecule is CC(NC(=O)c1cc2c(cc1O)OCO2)c1ccc2ccccc2c1. The summed E-state index contributed by atoms with van der Waals surface area (Å²) in [5.74, 6) is 0.404. The number of aromatic hydroxyl groups is 1. The maximum Gasteiger partial charge on any atom is 0.255 e. The molecule has 2 N–H and O–H groups in total. The van der Waals surface area contributed by atoms with Crippen molar-refractivity contribution in [2.24, 2.45) is 0 Å². The number of ether oxygens (including phenoxy) is 2. The van der Waals surface area contributed by atoms with Gasteiger partial charge in [0.1, 0.15) is 5.75 Å². The summed E-state index contributed by atoms with van der Waals surface area (Å²) in [5, 5.41) is 15.3. The van der Waals surface area contributed by atoms with Crippen LogP contribution in [0.2, 0.25) is 0 Å². The molecule has 3 aromatic rings. The molecular formula is C20H17NO4. The molecule has 126 valence electrons. The minimum Gasteiger partial charge on any atom is -0.507 e. The summed E-state index contributed by atoms with van der Waals surface area (Å²) >= 11 is 0. The Labute approximate surface area is 144 Å². The number of nitrogens with one attached hydrogen (secondary N) is 1. The van der Waals surface area contributed by atoms with Crippen molar-refractivity contribution in [1.29, 1.82) is 0 Å². The predicted octanol–water partition coefficient (Wildman–Crippen LogP) is 3.77. The highest BCUT2D eigenvalue weighted by atomic mass is 16.7. The summed E-state index contributed by atoms with van der Waals surface area (Å²) in [5.41, 5.74) is 1.16. The second-order valence-corrected chi connectivity index (χ2v) is 6.02. The maximum absolute atomic E-state index is 12.5. The molecule has 0 aromatic heterocycles. The van der Waals surface area contributed by atoms with Crippen LogP contribution in [0.15, 0.2) is 54.6 Å². The van der Waals surface area contributed by atoms with E-state index in [0.29, 0.717) is 11.5 Å². The first-order chi connectivity index (χ1) is 12.1. The van der Waals surface area contributed by atoms with E-state index in [2.05, 4.69) is 11.4 Å². The predicted molar refractivity (Wildman–Crippen MR) is 94.1 cm³/mol. The van der Waals surface area contributed by atoms with Gasteiger partial charge in [0.25, 0.3) is 5.91 Å². The van der Waals surface area contributed by atoms with Crippen molar-refractivity contribution in [2.45, 2.75) is 13.0 Å². The van der Waals surface area contributed by atoms with Gasteiger partial charge < -0.3 is 19.9 Å². The average molecular weight is 335 g/mol. The molecule has 1 aliphatic rings. The number of carbonyl (C=O) groups excluding carboxylic acids is 1. The third-order valence-electron chi connectivity index (χ3n) is 4.36. The first-order valence-corrected chi connectivity index (χ1v) is 8.04. The Hall–Kier alpha value is -3.21. The van der Waals surface area contributed by atoms with E-state index in [0.717, 1.165) is 16.3 Å². The van der Waals surface area contributed by atoms with Gasteiger partial charge in [-0.15, -0.1) is 0 Å². The van der Waals surface area contributed by atoms with Gasteiger partial charge in [0.2, 0.25) is 6.79 Å². The molecule has 25 heavy (non-hydrogen) atoms. The number of phenolic OH excluding ortho intramolecular Hbond substituents is 1. The Balaban J connectivity index is 1.57. The topological polar surface area (TPSA) is 67.8 Å². The van der Waals surface area contributed by atoms with E-state index in [9.17, 15) is 9.90 Å². The second-order valence-electron chi connectivity index (χ2n) is 6.02. The molecule has 0 aliphatic carbocycles. The van der Waals surface area contributed by atoms with Crippen LogP contribution in [-0.2, 0) is 0 Å². The summed E-state index contributed by atoms with van der Waals surface area (Å²) in [6.45, 7) is 2.00. The quantitative estimate of drug-likeness (QED) is 0.765. The van der Waals surface area contributed by atoms with Gasteiger partial charge in [-0.1, -0.05) is 36.4 Å². The first kappa shape index (κ1) is 15.3. The molecule has 1 aliphatic heterocycles. The number of carbonyl (C=O) groups is 1. The van der Waals surface area contributed by atoms with Crippen molar-refractivity contribution in [3.05, 3.63) is 65.7 Å². The largest absolute Gasteiger partial charge is 0.507 e. The van der Waals surface area contributed by atoms with Gasteiger partial charge in [0.05, 0.1) is 11.6 Å². The van der Waals surface area contributed by atoms with E-state index in [1.54, 1.807) is 0 Å². The van der Waals surface area contributed by atoms with Crippen LogP contribution in [0.3, 0.4) is 0 Å². The standard InChI is InChI=1S/C20H17NO4/c1-12(14-7-6-13-4-2-3-5-15(13)8-14)21-20(23)16-9-18-19(10-17(16)22)25-11-24-18/h2-10,12,22H,11H2,1H3,(H,21,23). The Morgan fingerprint density at radius 3 is 2.56 bits per heavy atom. The lowest BCUT2D eigenvalue weighted by Crippen LogP contribution is -2.26.